The van der Waals surface area contributed by atoms with Gasteiger partial charge in [-0.15, -0.1) is 0 Å². The monoisotopic (exact) mass is 558 g/mol. The van der Waals surface area contributed by atoms with Crippen molar-refractivity contribution in [2.75, 3.05) is 25.1 Å². The topological polar surface area (TPSA) is 93.7 Å². The predicted molar refractivity (Wildman–Crippen MR) is 138 cm³/mol. The minimum absolute atomic E-state index is 0.107. The molecule has 0 spiro atoms. The molecule has 1 amide bonds. The Bertz CT molecular complexity index is 1240. The fraction of sp³-hybridized carbons (Fsp3) is 0.269. The molecule has 4 rings (SSSR count). The summed E-state index contributed by atoms with van der Waals surface area (Å²) < 4.78 is 39.8. The molecule has 1 unspecified atom stereocenters. The fourth-order valence-electron chi connectivity index (χ4n) is 3.70. The first-order valence-electron chi connectivity index (χ1n) is 11.4. The highest BCUT2D eigenvalue weighted by atomic mass is 79.9. The number of carbonyl (C=O) groups is 1. The first-order valence-corrected chi connectivity index (χ1v) is 13.7. The highest BCUT2D eigenvalue weighted by molar-refractivity contribution is 9.10. The number of benzene rings is 3. The molecule has 184 valence electrons. The van der Waals surface area contributed by atoms with Gasteiger partial charge in [-0.05, 0) is 83.2 Å². The molecule has 9 heteroatoms. The van der Waals surface area contributed by atoms with E-state index < -0.39 is 10.0 Å². The summed E-state index contributed by atoms with van der Waals surface area (Å²) >= 11 is 3.46. The molecule has 7 nitrogen and oxygen atoms in total. The number of anilines is 1. The molecule has 1 fully saturated rings. The van der Waals surface area contributed by atoms with E-state index in [0.29, 0.717) is 41.0 Å². The van der Waals surface area contributed by atoms with E-state index in [9.17, 15) is 13.2 Å². The average molecular weight is 559 g/mol. The van der Waals surface area contributed by atoms with Crippen LogP contribution in [0.25, 0.3) is 0 Å². The quantitative estimate of drug-likeness (QED) is 0.373. The van der Waals surface area contributed by atoms with E-state index in [0.717, 1.165) is 25.0 Å². The first kappa shape index (κ1) is 25.4. The van der Waals surface area contributed by atoms with Crippen LogP contribution in [0.15, 0.2) is 82.2 Å². The lowest BCUT2D eigenvalue weighted by Crippen LogP contribution is -2.26. The maximum Gasteiger partial charge on any atom is 0.255 e. The minimum Gasteiger partial charge on any atom is -0.490 e. The molecule has 1 aliphatic heterocycles. The number of amides is 1. The van der Waals surface area contributed by atoms with Crippen molar-refractivity contribution in [1.29, 1.82) is 0 Å². The van der Waals surface area contributed by atoms with E-state index in [1.165, 1.54) is 12.1 Å². The zero-order valence-electron chi connectivity index (χ0n) is 19.1. The Labute approximate surface area is 214 Å². The van der Waals surface area contributed by atoms with Crippen LogP contribution in [-0.4, -0.2) is 40.2 Å². The van der Waals surface area contributed by atoms with Crippen LogP contribution in [0.1, 0.15) is 28.8 Å². The van der Waals surface area contributed by atoms with Gasteiger partial charge in [-0.3, -0.25) is 4.79 Å². The summed E-state index contributed by atoms with van der Waals surface area (Å²) in [6.45, 7) is 1.54. The second kappa shape index (κ2) is 11.8. The molecule has 3 aromatic rings. The maximum absolute atomic E-state index is 12.7. The number of halogens is 1. The maximum atomic E-state index is 12.7. The van der Waals surface area contributed by atoms with Crippen LogP contribution in [0, 0.1) is 0 Å². The van der Waals surface area contributed by atoms with E-state index in [4.69, 9.17) is 9.47 Å². The molecular weight excluding hydrogens is 532 g/mol. The summed E-state index contributed by atoms with van der Waals surface area (Å²) in [7, 11) is -3.64. The first-order chi connectivity index (χ1) is 16.9. The summed E-state index contributed by atoms with van der Waals surface area (Å²) in [6.07, 6.45) is 2.74. The molecule has 1 heterocycles. The number of rotatable bonds is 10. The van der Waals surface area contributed by atoms with Gasteiger partial charge >= 0.3 is 0 Å². The number of ether oxygens (including phenoxy) is 2. The minimum atomic E-state index is -3.64. The summed E-state index contributed by atoms with van der Waals surface area (Å²) in [5, 5.41) is 2.79. The smallest absolute Gasteiger partial charge is 0.255 e. The standard InChI is InChI=1S/C26H27BrN2O5S/c27-24-17-20(8-13-25(24)34-18-22-7-4-16-33-22)26(30)29-21-9-11-23(12-10-21)35(31,32)28-15-14-19-5-2-1-3-6-19/h1-3,5-6,8-13,17,22,28H,4,7,14-16,18H2,(H,29,30). The Hall–Kier alpha value is -2.72. The van der Waals surface area contributed by atoms with Gasteiger partial charge in [0.1, 0.15) is 12.4 Å². The van der Waals surface area contributed by atoms with Gasteiger partial charge in [-0.1, -0.05) is 30.3 Å². The van der Waals surface area contributed by atoms with E-state index >= 15 is 0 Å². The third kappa shape index (κ3) is 7.14. The molecule has 1 aliphatic rings. The van der Waals surface area contributed by atoms with Crippen molar-refractivity contribution in [2.45, 2.75) is 30.3 Å². The fourth-order valence-corrected chi connectivity index (χ4v) is 5.22. The van der Waals surface area contributed by atoms with Gasteiger partial charge in [-0.25, -0.2) is 13.1 Å². The molecule has 0 bridgehead atoms. The van der Waals surface area contributed by atoms with Crippen molar-refractivity contribution in [1.82, 2.24) is 4.72 Å². The van der Waals surface area contributed by atoms with Gasteiger partial charge in [0.25, 0.3) is 5.91 Å². The van der Waals surface area contributed by atoms with E-state index in [1.54, 1.807) is 30.3 Å². The molecule has 0 radical (unpaired) electrons. The molecule has 1 saturated heterocycles. The normalized spacial score (nSPS) is 15.6. The van der Waals surface area contributed by atoms with Crippen molar-refractivity contribution in [3.05, 3.63) is 88.4 Å². The van der Waals surface area contributed by atoms with Crippen LogP contribution >= 0.6 is 15.9 Å². The van der Waals surface area contributed by atoms with Crippen LogP contribution < -0.4 is 14.8 Å². The molecule has 0 aromatic heterocycles. The lowest BCUT2D eigenvalue weighted by molar-refractivity contribution is 0.0677. The molecule has 35 heavy (non-hydrogen) atoms. The van der Waals surface area contributed by atoms with Crippen molar-refractivity contribution in [3.8, 4) is 5.75 Å². The van der Waals surface area contributed by atoms with E-state index in [1.807, 2.05) is 30.3 Å². The number of sulfonamides is 1. The van der Waals surface area contributed by atoms with Gasteiger partial charge in [0.15, 0.2) is 0 Å². The highest BCUT2D eigenvalue weighted by Crippen LogP contribution is 2.27. The molecular formula is C26H27BrN2O5S. The van der Waals surface area contributed by atoms with Gasteiger partial charge in [-0.2, -0.15) is 0 Å². The van der Waals surface area contributed by atoms with Crippen LogP contribution in [0.5, 0.6) is 5.75 Å². The number of hydrogen-bond acceptors (Lipinski definition) is 5. The predicted octanol–water partition coefficient (Wildman–Crippen LogP) is 4.78. The third-order valence-corrected chi connectivity index (χ3v) is 7.71. The lowest BCUT2D eigenvalue weighted by Gasteiger charge is -2.13. The van der Waals surface area contributed by atoms with Crippen LogP contribution in [-0.2, 0) is 21.2 Å². The summed E-state index contributed by atoms with van der Waals surface area (Å²) in [6, 6.07) is 20.9. The van der Waals surface area contributed by atoms with Crippen molar-refractivity contribution in [3.63, 3.8) is 0 Å². The van der Waals surface area contributed by atoms with Crippen LogP contribution in [0.2, 0.25) is 0 Å². The molecule has 0 aliphatic carbocycles. The number of hydrogen-bond donors (Lipinski definition) is 2. The Morgan fingerprint density at radius 2 is 1.83 bits per heavy atom. The Morgan fingerprint density at radius 1 is 1.06 bits per heavy atom. The molecule has 0 saturated carbocycles. The largest absolute Gasteiger partial charge is 0.490 e. The zero-order valence-corrected chi connectivity index (χ0v) is 21.5. The van der Waals surface area contributed by atoms with Gasteiger partial charge in [0.2, 0.25) is 10.0 Å². The SMILES string of the molecule is O=C(Nc1ccc(S(=O)(=O)NCCc2ccccc2)cc1)c1ccc(OCC2CCCO2)c(Br)c1. The summed E-state index contributed by atoms with van der Waals surface area (Å²) in [5.74, 6) is 0.333. The van der Waals surface area contributed by atoms with E-state index in [-0.39, 0.29) is 16.9 Å². The Kier molecular flexibility index (Phi) is 8.56. The second-order valence-electron chi connectivity index (χ2n) is 8.20. The van der Waals surface area contributed by atoms with Crippen LogP contribution in [0.3, 0.4) is 0 Å². The van der Waals surface area contributed by atoms with E-state index in [2.05, 4.69) is 26.0 Å². The Morgan fingerprint density at radius 3 is 2.51 bits per heavy atom. The third-order valence-electron chi connectivity index (χ3n) is 5.61. The number of carbonyl (C=O) groups excluding carboxylic acids is 1. The average Bonchev–Trinajstić information content (AvgIpc) is 3.38. The second-order valence-corrected chi connectivity index (χ2v) is 10.8. The molecule has 3 aromatic carbocycles. The van der Waals surface area contributed by atoms with Crippen LogP contribution in [0.4, 0.5) is 5.69 Å². The summed E-state index contributed by atoms with van der Waals surface area (Å²) in [5.41, 5.74) is 2.00. The zero-order chi connectivity index (χ0) is 24.7. The van der Waals surface area contributed by atoms with Crippen molar-refractivity contribution < 1.29 is 22.7 Å². The van der Waals surface area contributed by atoms with Gasteiger partial charge in [0.05, 0.1) is 15.5 Å². The highest BCUT2D eigenvalue weighted by Gasteiger charge is 2.18. The van der Waals surface area contributed by atoms with Gasteiger partial charge in [0, 0.05) is 24.4 Å². The lowest BCUT2D eigenvalue weighted by atomic mass is 10.2. The molecule has 2 N–H and O–H groups in total. The number of nitrogens with one attached hydrogen (secondary N) is 2. The van der Waals surface area contributed by atoms with Crippen molar-refractivity contribution >= 4 is 37.5 Å². The summed E-state index contributed by atoms with van der Waals surface area (Å²) in [4.78, 5) is 12.8. The Balaban J connectivity index is 1.31. The van der Waals surface area contributed by atoms with Crippen molar-refractivity contribution in [2.24, 2.45) is 0 Å². The molecule has 1 atom stereocenters. The van der Waals surface area contributed by atoms with Gasteiger partial charge < -0.3 is 14.8 Å².